The van der Waals surface area contributed by atoms with Crippen molar-refractivity contribution < 1.29 is 19.1 Å². The predicted molar refractivity (Wildman–Crippen MR) is 81.5 cm³/mol. The molecular formula is C14H30NO4P. The van der Waals surface area contributed by atoms with E-state index in [2.05, 4.69) is 12.2 Å². The van der Waals surface area contributed by atoms with Gasteiger partial charge in [0.1, 0.15) is 5.78 Å². The molecule has 0 aromatic rings. The van der Waals surface area contributed by atoms with E-state index in [1.54, 1.807) is 0 Å². The summed E-state index contributed by atoms with van der Waals surface area (Å²) in [6, 6.07) is 0. The monoisotopic (exact) mass is 307 g/mol. The first kappa shape index (κ1) is 19.6. The number of carbonyl (C=O) groups excluding carboxylic acids is 1. The minimum atomic E-state index is -4.21. The Balaban J connectivity index is 3.42. The molecule has 0 aromatic heterocycles. The van der Waals surface area contributed by atoms with Crippen molar-refractivity contribution in [3.05, 3.63) is 0 Å². The summed E-state index contributed by atoms with van der Waals surface area (Å²) in [6.07, 6.45) is 11.0. The van der Waals surface area contributed by atoms with Gasteiger partial charge in [0.25, 0.3) is 0 Å². The van der Waals surface area contributed by atoms with Gasteiger partial charge in [-0.25, -0.2) is 0 Å². The van der Waals surface area contributed by atoms with Crippen molar-refractivity contribution >= 4 is 13.5 Å². The van der Waals surface area contributed by atoms with E-state index in [-0.39, 0.29) is 5.91 Å². The van der Waals surface area contributed by atoms with Crippen LogP contribution in [0.15, 0.2) is 0 Å². The molecule has 0 heterocycles. The molecule has 0 saturated heterocycles. The molecule has 0 bridgehead atoms. The Labute approximate surface area is 122 Å². The molecule has 0 fully saturated rings. The van der Waals surface area contributed by atoms with Crippen molar-refractivity contribution in [2.24, 2.45) is 0 Å². The van der Waals surface area contributed by atoms with Crippen LogP contribution in [0.2, 0.25) is 0 Å². The van der Waals surface area contributed by atoms with Gasteiger partial charge in [0.15, 0.2) is 0 Å². The number of hydrogen-bond donors (Lipinski definition) is 3. The van der Waals surface area contributed by atoms with E-state index in [1.165, 1.54) is 45.4 Å². The number of unbranched alkanes of at least 4 members (excludes halogenated alkanes) is 8. The maximum Gasteiger partial charge on any atom is 0.347 e. The van der Waals surface area contributed by atoms with Crippen molar-refractivity contribution in [2.45, 2.75) is 83.8 Å². The Kier molecular flexibility index (Phi) is 11.1. The number of rotatable bonds is 12. The van der Waals surface area contributed by atoms with Crippen LogP contribution in [0.4, 0.5) is 0 Å². The van der Waals surface area contributed by atoms with E-state index in [1.807, 2.05) is 0 Å². The van der Waals surface area contributed by atoms with E-state index in [0.29, 0.717) is 6.42 Å². The smallest absolute Gasteiger partial charge is 0.342 e. The number of hydrogen-bond acceptors (Lipinski definition) is 2. The maximum absolute atomic E-state index is 11.5. The second-order valence-electron chi connectivity index (χ2n) is 5.41. The molecule has 0 spiro atoms. The van der Waals surface area contributed by atoms with Gasteiger partial charge in [-0.15, -0.1) is 0 Å². The van der Waals surface area contributed by atoms with E-state index < -0.39 is 13.4 Å². The van der Waals surface area contributed by atoms with Crippen molar-refractivity contribution in [3.63, 3.8) is 0 Å². The highest BCUT2D eigenvalue weighted by Crippen LogP contribution is 2.39. The van der Waals surface area contributed by atoms with Gasteiger partial charge in [-0.3, -0.25) is 9.36 Å². The van der Waals surface area contributed by atoms with E-state index in [0.717, 1.165) is 19.3 Å². The molecule has 0 rings (SSSR count). The Morgan fingerprint density at radius 1 is 1.00 bits per heavy atom. The van der Waals surface area contributed by atoms with Crippen LogP contribution >= 0.6 is 7.60 Å². The highest BCUT2D eigenvalue weighted by molar-refractivity contribution is 7.52. The summed E-state index contributed by atoms with van der Waals surface area (Å²) in [6.45, 7) is 3.54. The highest BCUT2D eigenvalue weighted by Gasteiger charge is 2.24. The van der Waals surface area contributed by atoms with E-state index in [9.17, 15) is 9.36 Å². The molecule has 0 saturated carbocycles. The third kappa shape index (κ3) is 11.4. The zero-order chi connectivity index (χ0) is 15.4. The first-order valence-electron chi connectivity index (χ1n) is 7.72. The summed E-state index contributed by atoms with van der Waals surface area (Å²) in [5.41, 5.74) is 0. The highest BCUT2D eigenvalue weighted by atomic mass is 31.2. The lowest BCUT2D eigenvalue weighted by molar-refractivity contribution is -0.121. The van der Waals surface area contributed by atoms with Crippen LogP contribution in [0, 0.1) is 0 Å². The van der Waals surface area contributed by atoms with E-state index in [4.69, 9.17) is 9.79 Å². The molecule has 1 atom stereocenters. The summed E-state index contributed by atoms with van der Waals surface area (Å²) in [4.78, 5) is 29.2. The topological polar surface area (TPSA) is 86.6 Å². The van der Waals surface area contributed by atoms with Crippen LogP contribution in [-0.4, -0.2) is 21.5 Å². The van der Waals surface area contributed by atoms with Gasteiger partial charge < -0.3 is 15.1 Å². The Hall–Kier alpha value is -0.380. The second kappa shape index (κ2) is 11.3. The normalized spacial score (nSPS) is 13.2. The number of carbonyl (C=O) groups is 1. The average Bonchev–Trinajstić information content (AvgIpc) is 2.35. The van der Waals surface area contributed by atoms with Gasteiger partial charge in [-0.2, -0.15) is 0 Å². The van der Waals surface area contributed by atoms with Gasteiger partial charge >= 0.3 is 7.60 Å². The van der Waals surface area contributed by atoms with Gasteiger partial charge in [0.05, 0.1) is 0 Å². The molecule has 1 amide bonds. The first-order chi connectivity index (χ1) is 9.38. The van der Waals surface area contributed by atoms with E-state index >= 15 is 0 Å². The lowest BCUT2D eigenvalue weighted by Gasteiger charge is -2.14. The van der Waals surface area contributed by atoms with Crippen LogP contribution < -0.4 is 5.32 Å². The summed E-state index contributed by atoms with van der Waals surface area (Å²) in [5.74, 6) is -1.36. The summed E-state index contributed by atoms with van der Waals surface area (Å²) < 4.78 is 10.9. The standard InChI is InChI=1S/C14H30NO4P/c1-3-4-5-6-7-8-9-10-11-12-14(16)15-13(2)20(17,18)19/h13H,3-12H2,1-2H3,(H,15,16)(H2,17,18,19). The zero-order valence-electron chi connectivity index (χ0n) is 12.8. The van der Waals surface area contributed by atoms with Gasteiger partial charge in [0.2, 0.25) is 5.91 Å². The molecule has 0 aromatic carbocycles. The first-order valence-corrected chi connectivity index (χ1v) is 9.40. The van der Waals surface area contributed by atoms with Crippen molar-refractivity contribution in [1.29, 1.82) is 0 Å². The molecule has 0 aliphatic heterocycles. The number of nitrogens with one attached hydrogen (secondary N) is 1. The lowest BCUT2D eigenvalue weighted by atomic mass is 10.1. The molecule has 120 valence electrons. The average molecular weight is 307 g/mol. The minimum absolute atomic E-state index is 0.274. The maximum atomic E-state index is 11.5. The summed E-state index contributed by atoms with van der Waals surface area (Å²) in [7, 11) is -4.21. The summed E-state index contributed by atoms with van der Waals surface area (Å²) >= 11 is 0. The quantitative estimate of drug-likeness (QED) is 0.380. The fraction of sp³-hybridized carbons (Fsp3) is 0.929. The van der Waals surface area contributed by atoms with Crippen LogP contribution in [0.1, 0.15) is 78.1 Å². The van der Waals surface area contributed by atoms with Crippen molar-refractivity contribution in [1.82, 2.24) is 5.32 Å². The Morgan fingerprint density at radius 3 is 1.90 bits per heavy atom. The molecule has 20 heavy (non-hydrogen) atoms. The van der Waals surface area contributed by atoms with Gasteiger partial charge in [0, 0.05) is 6.42 Å². The van der Waals surface area contributed by atoms with Crippen LogP contribution in [0.25, 0.3) is 0 Å². The van der Waals surface area contributed by atoms with Gasteiger partial charge in [-0.1, -0.05) is 58.3 Å². The third-order valence-corrected chi connectivity index (χ3v) is 4.52. The van der Waals surface area contributed by atoms with Crippen LogP contribution in [-0.2, 0) is 9.36 Å². The van der Waals surface area contributed by atoms with Crippen molar-refractivity contribution in [2.75, 3.05) is 0 Å². The Morgan fingerprint density at radius 2 is 1.45 bits per heavy atom. The molecule has 6 heteroatoms. The molecule has 5 nitrogen and oxygen atoms in total. The molecule has 1 unspecified atom stereocenters. The molecule has 0 radical (unpaired) electrons. The third-order valence-electron chi connectivity index (χ3n) is 3.38. The second-order valence-corrected chi connectivity index (χ2v) is 7.36. The Bertz CT molecular complexity index is 304. The summed E-state index contributed by atoms with van der Waals surface area (Å²) in [5, 5.41) is 2.34. The molecule has 0 aliphatic rings. The fourth-order valence-corrected chi connectivity index (χ4v) is 2.30. The molecule has 0 aliphatic carbocycles. The fourth-order valence-electron chi connectivity index (χ4n) is 1.99. The largest absolute Gasteiger partial charge is 0.347 e. The van der Waals surface area contributed by atoms with Crippen LogP contribution in [0.5, 0.6) is 0 Å². The van der Waals surface area contributed by atoms with Crippen LogP contribution in [0.3, 0.4) is 0 Å². The minimum Gasteiger partial charge on any atom is -0.342 e. The number of amides is 1. The lowest BCUT2D eigenvalue weighted by Crippen LogP contribution is -2.32. The molecule has 3 N–H and O–H groups in total. The van der Waals surface area contributed by atoms with Gasteiger partial charge in [-0.05, 0) is 13.3 Å². The zero-order valence-corrected chi connectivity index (χ0v) is 13.7. The SMILES string of the molecule is CCCCCCCCCCCC(=O)NC(C)P(=O)(O)O. The van der Waals surface area contributed by atoms with Crippen molar-refractivity contribution in [3.8, 4) is 0 Å². The predicted octanol–water partition coefficient (Wildman–Crippen LogP) is 3.55. The molecular weight excluding hydrogens is 277 g/mol.